The molecule has 0 radical (unpaired) electrons. The van der Waals surface area contributed by atoms with E-state index in [4.69, 9.17) is 0 Å². The van der Waals surface area contributed by atoms with E-state index in [0.29, 0.717) is 37.0 Å². The summed E-state index contributed by atoms with van der Waals surface area (Å²) in [5.41, 5.74) is 0. The van der Waals surface area contributed by atoms with Crippen LogP contribution < -0.4 is 5.32 Å². The summed E-state index contributed by atoms with van der Waals surface area (Å²) in [6.07, 6.45) is 2.96. The molecule has 0 aromatic carbocycles. The number of fused-ring (bicyclic) bond motifs is 1. The van der Waals surface area contributed by atoms with Gasteiger partial charge in [-0.1, -0.05) is 0 Å². The van der Waals surface area contributed by atoms with Gasteiger partial charge in [0.05, 0.1) is 12.2 Å². The predicted octanol–water partition coefficient (Wildman–Crippen LogP) is -0.0337. The van der Waals surface area contributed by atoms with Crippen molar-refractivity contribution in [2.45, 2.75) is 44.3 Å². The number of carbonyl (C=O) groups excluding carboxylic acids is 1. The summed E-state index contributed by atoms with van der Waals surface area (Å²) in [6, 6.07) is 0. The van der Waals surface area contributed by atoms with Gasteiger partial charge in [0.2, 0.25) is 5.91 Å². The van der Waals surface area contributed by atoms with E-state index >= 15 is 0 Å². The minimum absolute atomic E-state index is 0.273. The summed E-state index contributed by atoms with van der Waals surface area (Å²) in [4.78, 5) is 14.4. The predicted molar refractivity (Wildman–Crippen MR) is 75.0 cm³/mol. The number of aliphatic hydroxyl groups is 2. The van der Waals surface area contributed by atoms with Crippen molar-refractivity contribution in [1.82, 2.24) is 10.2 Å². The fourth-order valence-corrected chi connectivity index (χ4v) is 4.07. The molecule has 5 heteroatoms. The maximum atomic E-state index is 12.4. The molecule has 1 amide bonds. The van der Waals surface area contributed by atoms with Crippen LogP contribution in [0.4, 0.5) is 0 Å². The number of hydrogen-bond donors (Lipinski definition) is 3. The average Bonchev–Trinajstić information content (AvgIpc) is 2.83. The smallest absolute Gasteiger partial charge is 0.222 e. The van der Waals surface area contributed by atoms with Crippen LogP contribution in [0.1, 0.15) is 32.1 Å². The summed E-state index contributed by atoms with van der Waals surface area (Å²) in [6.45, 7) is 3.61. The van der Waals surface area contributed by atoms with Gasteiger partial charge >= 0.3 is 0 Å². The van der Waals surface area contributed by atoms with Crippen molar-refractivity contribution >= 4 is 5.91 Å². The molecule has 0 bridgehead atoms. The molecule has 0 spiro atoms. The van der Waals surface area contributed by atoms with Gasteiger partial charge in [-0.3, -0.25) is 4.79 Å². The highest BCUT2D eigenvalue weighted by Gasteiger charge is 2.42. The van der Waals surface area contributed by atoms with Gasteiger partial charge in [0.1, 0.15) is 0 Å². The number of rotatable bonds is 2. The Hall–Kier alpha value is -0.650. The number of piperidine rings is 1. The second-order valence-electron chi connectivity index (χ2n) is 6.82. The lowest BCUT2D eigenvalue weighted by Gasteiger charge is -2.31. The molecule has 3 fully saturated rings. The van der Waals surface area contributed by atoms with Crippen LogP contribution in [0.25, 0.3) is 0 Å². The van der Waals surface area contributed by atoms with Crippen molar-refractivity contribution in [2.24, 2.45) is 17.8 Å². The zero-order valence-electron chi connectivity index (χ0n) is 12.0. The van der Waals surface area contributed by atoms with E-state index in [2.05, 4.69) is 5.32 Å². The van der Waals surface area contributed by atoms with Crippen LogP contribution in [0, 0.1) is 17.8 Å². The molecule has 5 nitrogen and oxygen atoms in total. The molecule has 3 N–H and O–H groups in total. The Morgan fingerprint density at radius 2 is 1.60 bits per heavy atom. The quantitative estimate of drug-likeness (QED) is 0.665. The van der Waals surface area contributed by atoms with E-state index in [1.165, 1.54) is 0 Å². The van der Waals surface area contributed by atoms with E-state index in [1.807, 2.05) is 4.90 Å². The number of amides is 1. The van der Waals surface area contributed by atoms with Crippen LogP contribution in [0.5, 0.6) is 0 Å². The number of carbonyl (C=O) groups is 1. The van der Waals surface area contributed by atoms with Crippen LogP contribution >= 0.6 is 0 Å². The molecule has 0 aromatic heterocycles. The Labute approximate surface area is 120 Å². The average molecular weight is 282 g/mol. The Morgan fingerprint density at radius 3 is 2.15 bits per heavy atom. The Kier molecular flexibility index (Phi) is 4.29. The van der Waals surface area contributed by atoms with Gasteiger partial charge in [-0.15, -0.1) is 0 Å². The lowest BCUT2D eigenvalue weighted by Crippen LogP contribution is -2.38. The number of nitrogens with zero attached hydrogens (tertiary/aromatic N) is 1. The Balaban J connectivity index is 1.52. The van der Waals surface area contributed by atoms with Crippen LogP contribution in [0.15, 0.2) is 0 Å². The van der Waals surface area contributed by atoms with Crippen LogP contribution in [-0.4, -0.2) is 59.4 Å². The molecule has 20 heavy (non-hydrogen) atoms. The third-order valence-corrected chi connectivity index (χ3v) is 5.38. The number of hydrogen-bond acceptors (Lipinski definition) is 4. The molecule has 1 aliphatic carbocycles. The number of likely N-dealkylation sites (tertiary alicyclic amines) is 1. The number of aliphatic hydroxyl groups excluding tert-OH is 2. The highest BCUT2D eigenvalue weighted by atomic mass is 16.3. The molecule has 114 valence electrons. The monoisotopic (exact) mass is 282 g/mol. The topological polar surface area (TPSA) is 72.8 Å². The number of nitrogens with one attached hydrogen (secondary N) is 1. The highest BCUT2D eigenvalue weighted by molar-refractivity contribution is 5.76. The first-order valence-corrected chi connectivity index (χ1v) is 7.98. The van der Waals surface area contributed by atoms with Crippen molar-refractivity contribution in [3.8, 4) is 0 Å². The second kappa shape index (κ2) is 6.00. The fraction of sp³-hybridized carbons (Fsp3) is 0.933. The lowest BCUT2D eigenvalue weighted by atomic mass is 9.79. The van der Waals surface area contributed by atoms with E-state index in [9.17, 15) is 15.0 Å². The van der Waals surface area contributed by atoms with Gasteiger partial charge in [0, 0.05) is 19.5 Å². The van der Waals surface area contributed by atoms with E-state index in [-0.39, 0.29) is 5.91 Å². The summed E-state index contributed by atoms with van der Waals surface area (Å²) in [5, 5.41) is 22.8. The molecule has 3 rings (SSSR count). The summed E-state index contributed by atoms with van der Waals surface area (Å²) in [5.74, 6) is 1.56. The molecule has 2 saturated heterocycles. The van der Waals surface area contributed by atoms with Crippen molar-refractivity contribution in [2.75, 3.05) is 26.2 Å². The van der Waals surface area contributed by atoms with Gasteiger partial charge in [-0.25, -0.2) is 0 Å². The largest absolute Gasteiger partial charge is 0.390 e. The minimum atomic E-state index is -0.601. The van der Waals surface area contributed by atoms with E-state index in [1.54, 1.807) is 0 Å². The maximum Gasteiger partial charge on any atom is 0.222 e. The zero-order valence-corrected chi connectivity index (χ0v) is 12.0. The van der Waals surface area contributed by atoms with Gasteiger partial charge in [-0.2, -0.15) is 0 Å². The summed E-state index contributed by atoms with van der Waals surface area (Å²) in [7, 11) is 0. The molecule has 2 heterocycles. The van der Waals surface area contributed by atoms with Crippen molar-refractivity contribution < 1.29 is 15.0 Å². The lowest BCUT2D eigenvalue weighted by molar-refractivity contribution is -0.131. The van der Waals surface area contributed by atoms with E-state index < -0.39 is 12.2 Å². The van der Waals surface area contributed by atoms with Crippen LogP contribution in [0.2, 0.25) is 0 Å². The standard InChI is InChI=1S/C15H26N2O3/c18-13-6-11-8-17(9-12(11)7-14(13)19)15(20)5-10-1-3-16-4-2-10/h10-14,16,18-19H,1-9H2/t11-,12+,13-,14-/m0/s1. The molecular weight excluding hydrogens is 256 g/mol. The summed E-state index contributed by atoms with van der Waals surface area (Å²) < 4.78 is 0. The first kappa shape index (κ1) is 14.3. The molecule has 4 atom stereocenters. The van der Waals surface area contributed by atoms with Crippen molar-refractivity contribution in [3.63, 3.8) is 0 Å². The van der Waals surface area contributed by atoms with Crippen LogP contribution in [0.3, 0.4) is 0 Å². The van der Waals surface area contributed by atoms with Crippen molar-refractivity contribution in [3.05, 3.63) is 0 Å². The van der Waals surface area contributed by atoms with Crippen LogP contribution in [-0.2, 0) is 4.79 Å². The Bertz CT molecular complexity index is 339. The third kappa shape index (κ3) is 3.00. The van der Waals surface area contributed by atoms with E-state index in [0.717, 1.165) is 39.0 Å². The molecule has 1 saturated carbocycles. The molecule has 0 unspecified atom stereocenters. The zero-order chi connectivity index (χ0) is 14.1. The van der Waals surface area contributed by atoms with Crippen molar-refractivity contribution in [1.29, 1.82) is 0 Å². The molecule has 3 aliphatic rings. The normalized spacial score (nSPS) is 38.8. The molecular formula is C15H26N2O3. The summed E-state index contributed by atoms with van der Waals surface area (Å²) >= 11 is 0. The maximum absolute atomic E-state index is 12.4. The second-order valence-corrected chi connectivity index (χ2v) is 6.82. The first-order chi connectivity index (χ1) is 9.63. The minimum Gasteiger partial charge on any atom is -0.390 e. The van der Waals surface area contributed by atoms with Gasteiger partial charge in [-0.05, 0) is 56.5 Å². The first-order valence-electron chi connectivity index (χ1n) is 7.98. The highest BCUT2D eigenvalue weighted by Crippen LogP contribution is 2.37. The Morgan fingerprint density at radius 1 is 1.05 bits per heavy atom. The van der Waals surface area contributed by atoms with Gasteiger partial charge < -0.3 is 20.4 Å². The molecule has 2 aliphatic heterocycles. The fourth-order valence-electron chi connectivity index (χ4n) is 4.07. The third-order valence-electron chi connectivity index (χ3n) is 5.38. The SMILES string of the molecule is O=C(CC1CCNCC1)N1C[C@H]2C[C@H](O)[C@@H](O)C[C@H]2C1. The van der Waals surface area contributed by atoms with Gasteiger partial charge in [0.15, 0.2) is 0 Å². The molecule has 0 aromatic rings. The van der Waals surface area contributed by atoms with Gasteiger partial charge in [0.25, 0.3) is 0 Å².